The average molecular weight is 480 g/mol. The SMILES string of the molecule is CCn1cc(-c2cc3c(cc2OCCCOC)C[C@@H](C(C)(C)C)n2cc(C(=O)O)c(=O)cc2-3)cn1. The van der Waals surface area contributed by atoms with Gasteiger partial charge in [0.1, 0.15) is 11.3 Å². The molecule has 1 N–H and O–H groups in total. The molecule has 186 valence electrons. The van der Waals surface area contributed by atoms with Crippen LogP contribution in [0.4, 0.5) is 0 Å². The first-order valence-corrected chi connectivity index (χ1v) is 11.9. The quantitative estimate of drug-likeness (QED) is 0.472. The Bertz CT molecular complexity index is 1300. The number of hydrogen-bond donors (Lipinski definition) is 1. The molecule has 0 radical (unpaired) electrons. The lowest BCUT2D eigenvalue weighted by Gasteiger charge is -2.39. The second-order valence-electron chi connectivity index (χ2n) is 10.0. The van der Waals surface area contributed by atoms with E-state index in [9.17, 15) is 14.7 Å². The number of aromatic nitrogens is 3. The number of hydrogen-bond acceptors (Lipinski definition) is 5. The van der Waals surface area contributed by atoms with E-state index in [2.05, 4.69) is 31.9 Å². The van der Waals surface area contributed by atoms with Crippen molar-refractivity contribution in [2.45, 2.75) is 53.1 Å². The Labute approximate surface area is 205 Å². The maximum absolute atomic E-state index is 12.7. The van der Waals surface area contributed by atoms with Crippen molar-refractivity contribution in [3.8, 4) is 28.1 Å². The predicted molar refractivity (Wildman–Crippen MR) is 134 cm³/mol. The van der Waals surface area contributed by atoms with E-state index in [4.69, 9.17) is 9.47 Å². The molecular weight excluding hydrogens is 446 g/mol. The van der Waals surface area contributed by atoms with E-state index in [1.54, 1.807) is 7.11 Å². The van der Waals surface area contributed by atoms with E-state index in [1.165, 1.54) is 12.3 Å². The number of ether oxygens (including phenoxy) is 2. The minimum absolute atomic E-state index is 0.0290. The van der Waals surface area contributed by atoms with Crippen LogP contribution >= 0.6 is 0 Å². The minimum atomic E-state index is -1.21. The van der Waals surface area contributed by atoms with E-state index in [1.807, 2.05) is 34.6 Å². The van der Waals surface area contributed by atoms with Crippen LogP contribution in [-0.2, 0) is 17.7 Å². The number of rotatable bonds is 8. The molecule has 0 unspecified atom stereocenters. The number of benzene rings is 1. The Morgan fingerprint density at radius 3 is 2.57 bits per heavy atom. The lowest BCUT2D eigenvalue weighted by atomic mass is 9.78. The summed E-state index contributed by atoms with van der Waals surface area (Å²) in [4.78, 5) is 24.4. The monoisotopic (exact) mass is 479 g/mol. The van der Waals surface area contributed by atoms with Gasteiger partial charge in [0.2, 0.25) is 0 Å². The van der Waals surface area contributed by atoms with Crippen molar-refractivity contribution in [1.29, 1.82) is 0 Å². The van der Waals surface area contributed by atoms with Crippen molar-refractivity contribution in [2.24, 2.45) is 5.41 Å². The van der Waals surface area contributed by atoms with E-state index < -0.39 is 11.4 Å². The van der Waals surface area contributed by atoms with Gasteiger partial charge in [0.15, 0.2) is 5.43 Å². The number of methoxy groups -OCH3 is 1. The summed E-state index contributed by atoms with van der Waals surface area (Å²) in [5, 5.41) is 14.0. The van der Waals surface area contributed by atoms with Gasteiger partial charge in [-0.2, -0.15) is 5.10 Å². The topological polar surface area (TPSA) is 95.6 Å². The molecule has 1 aromatic carbocycles. The Morgan fingerprint density at radius 2 is 1.94 bits per heavy atom. The van der Waals surface area contributed by atoms with Gasteiger partial charge < -0.3 is 19.1 Å². The van der Waals surface area contributed by atoms with Crippen LogP contribution in [0.2, 0.25) is 0 Å². The summed E-state index contributed by atoms with van der Waals surface area (Å²) in [6, 6.07) is 5.54. The molecule has 0 spiro atoms. The van der Waals surface area contributed by atoms with E-state index in [0.29, 0.717) is 19.6 Å². The van der Waals surface area contributed by atoms with E-state index >= 15 is 0 Å². The third-order valence-electron chi connectivity index (χ3n) is 6.56. The number of carboxylic acid groups (broad SMARTS) is 1. The average Bonchev–Trinajstić information content (AvgIpc) is 3.29. The number of pyridine rings is 1. The Hall–Kier alpha value is -3.39. The third-order valence-corrected chi connectivity index (χ3v) is 6.56. The molecule has 1 aliphatic rings. The molecule has 2 aromatic heterocycles. The van der Waals surface area contributed by atoms with Gasteiger partial charge in [0.05, 0.1) is 18.5 Å². The van der Waals surface area contributed by atoms with Gasteiger partial charge in [0, 0.05) is 67.9 Å². The lowest BCUT2D eigenvalue weighted by molar-refractivity contribution is 0.0693. The van der Waals surface area contributed by atoms with Crippen LogP contribution in [0.3, 0.4) is 0 Å². The number of fused-ring (bicyclic) bond motifs is 3. The fourth-order valence-electron chi connectivity index (χ4n) is 4.65. The number of aryl methyl sites for hydroxylation is 1. The zero-order valence-corrected chi connectivity index (χ0v) is 21.0. The molecule has 8 nitrogen and oxygen atoms in total. The highest BCUT2D eigenvalue weighted by Gasteiger charge is 2.34. The summed E-state index contributed by atoms with van der Waals surface area (Å²) in [7, 11) is 1.67. The molecule has 4 rings (SSSR count). The molecule has 0 saturated heterocycles. The van der Waals surface area contributed by atoms with Crippen molar-refractivity contribution >= 4 is 5.97 Å². The minimum Gasteiger partial charge on any atom is -0.493 e. The highest BCUT2D eigenvalue weighted by atomic mass is 16.5. The van der Waals surface area contributed by atoms with Gasteiger partial charge >= 0.3 is 5.97 Å². The van der Waals surface area contributed by atoms with Crippen LogP contribution in [0.1, 0.15) is 56.1 Å². The van der Waals surface area contributed by atoms with Crippen molar-refractivity contribution in [3.63, 3.8) is 0 Å². The molecule has 3 heterocycles. The van der Waals surface area contributed by atoms with Gasteiger partial charge in [-0.25, -0.2) is 4.79 Å². The smallest absolute Gasteiger partial charge is 0.341 e. The largest absolute Gasteiger partial charge is 0.493 e. The molecule has 0 aliphatic carbocycles. The van der Waals surface area contributed by atoms with Crippen LogP contribution in [0.25, 0.3) is 22.4 Å². The van der Waals surface area contributed by atoms with E-state index in [-0.39, 0.29) is 17.0 Å². The zero-order chi connectivity index (χ0) is 25.3. The first kappa shape index (κ1) is 24.7. The molecule has 0 bridgehead atoms. The third kappa shape index (κ3) is 4.89. The first-order chi connectivity index (χ1) is 16.6. The highest BCUT2D eigenvalue weighted by Crippen LogP contribution is 2.45. The number of aromatic carboxylic acids is 1. The van der Waals surface area contributed by atoms with E-state index in [0.717, 1.165) is 46.7 Å². The summed E-state index contributed by atoms with van der Waals surface area (Å²) in [6.07, 6.45) is 6.75. The van der Waals surface area contributed by atoms with Crippen molar-refractivity contribution in [3.05, 3.63) is 58.1 Å². The molecular formula is C27H33N3O5. The standard InChI is InChI=1S/C27H33N3O5/c1-6-29-15-18(14-28-29)20-12-19-17(10-24(20)35-9-7-8-34-5)11-25(27(2,3)4)30-16-21(26(32)33)23(31)13-22(19)30/h10,12-16,25H,6-9,11H2,1-5H3,(H,32,33)/t25-/m0/s1. The summed E-state index contributed by atoms with van der Waals surface area (Å²) in [5.74, 6) is -0.447. The Morgan fingerprint density at radius 1 is 1.17 bits per heavy atom. The summed E-state index contributed by atoms with van der Waals surface area (Å²) in [6.45, 7) is 10.3. The predicted octanol–water partition coefficient (Wildman–Crippen LogP) is 4.66. The number of nitrogens with zero attached hydrogens (tertiary/aromatic N) is 3. The maximum Gasteiger partial charge on any atom is 0.341 e. The zero-order valence-electron chi connectivity index (χ0n) is 21.0. The summed E-state index contributed by atoms with van der Waals surface area (Å²) < 4.78 is 15.2. The maximum atomic E-state index is 12.7. The highest BCUT2D eigenvalue weighted by molar-refractivity contribution is 5.88. The first-order valence-electron chi connectivity index (χ1n) is 11.9. The van der Waals surface area contributed by atoms with Crippen molar-refractivity contribution in [1.82, 2.24) is 14.3 Å². The van der Waals surface area contributed by atoms with Crippen LogP contribution in [0.15, 0.2) is 41.6 Å². The van der Waals surface area contributed by atoms with Crippen LogP contribution in [0, 0.1) is 5.41 Å². The van der Waals surface area contributed by atoms with Gasteiger partial charge in [-0.3, -0.25) is 9.48 Å². The van der Waals surface area contributed by atoms with Gasteiger partial charge in [-0.15, -0.1) is 0 Å². The molecule has 1 aliphatic heterocycles. The Balaban J connectivity index is 1.91. The van der Waals surface area contributed by atoms with Crippen LogP contribution in [-0.4, -0.2) is 45.7 Å². The summed E-state index contributed by atoms with van der Waals surface area (Å²) in [5.41, 5.74) is 3.62. The van der Waals surface area contributed by atoms with Gasteiger partial charge in [-0.05, 0) is 36.5 Å². The second kappa shape index (κ2) is 9.70. The van der Waals surface area contributed by atoms with Crippen LogP contribution in [0.5, 0.6) is 5.75 Å². The molecule has 35 heavy (non-hydrogen) atoms. The molecule has 3 aromatic rings. The second-order valence-corrected chi connectivity index (χ2v) is 10.0. The number of carbonyl (C=O) groups is 1. The van der Waals surface area contributed by atoms with Crippen molar-refractivity contribution in [2.75, 3.05) is 20.3 Å². The van der Waals surface area contributed by atoms with Gasteiger partial charge in [-0.1, -0.05) is 20.8 Å². The lowest BCUT2D eigenvalue weighted by Crippen LogP contribution is -2.32. The van der Waals surface area contributed by atoms with Gasteiger partial charge in [0.25, 0.3) is 0 Å². The van der Waals surface area contributed by atoms with Crippen molar-refractivity contribution < 1.29 is 19.4 Å². The molecule has 0 fully saturated rings. The Kier molecular flexibility index (Phi) is 6.85. The molecule has 8 heteroatoms. The molecule has 0 amide bonds. The molecule has 1 atom stereocenters. The summed E-state index contributed by atoms with van der Waals surface area (Å²) >= 11 is 0. The molecule has 0 saturated carbocycles. The normalized spacial score (nSPS) is 14.9. The number of carboxylic acids is 1. The van der Waals surface area contributed by atoms with Crippen LogP contribution < -0.4 is 10.2 Å². The fourth-order valence-corrected chi connectivity index (χ4v) is 4.65. The fraction of sp³-hybridized carbons (Fsp3) is 0.444.